The molecule has 0 bridgehead atoms. The molecule has 0 aliphatic rings. The van der Waals surface area contributed by atoms with Crippen molar-refractivity contribution in [2.24, 2.45) is 0 Å². The van der Waals surface area contributed by atoms with E-state index >= 15 is 0 Å². The molecule has 0 atom stereocenters. The van der Waals surface area contributed by atoms with E-state index in [4.69, 9.17) is 4.42 Å². The Kier molecular flexibility index (Phi) is 5.65. The Bertz CT molecular complexity index is 1560. The highest BCUT2D eigenvalue weighted by Crippen LogP contribution is 2.25. The summed E-state index contributed by atoms with van der Waals surface area (Å²) in [5.41, 5.74) is 2.05. The van der Waals surface area contributed by atoms with Gasteiger partial charge < -0.3 is 19.3 Å². The van der Waals surface area contributed by atoms with Gasteiger partial charge in [-0.15, -0.1) is 0 Å². The molecule has 1 amide bonds. The predicted molar refractivity (Wildman–Crippen MR) is 126 cm³/mol. The second-order valence-electron chi connectivity index (χ2n) is 7.83. The van der Waals surface area contributed by atoms with E-state index in [0.29, 0.717) is 18.7 Å². The first-order valence-corrected chi connectivity index (χ1v) is 10.7. The summed E-state index contributed by atoms with van der Waals surface area (Å²) in [5, 5.41) is 1.07. The van der Waals surface area contributed by atoms with Crippen LogP contribution in [-0.2, 0) is 13.0 Å². The monoisotopic (exact) mass is 455 g/mol. The van der Waals surface area contributed by atoms with Gasteiger partial charge in [0.2, 0.25) is 0 Å². The molecule has 0 fully saturated rings. The summed E-state index contributed by atoms with van der Waals surface area (Å²) in [6.45, 7) is 0.314. The van der Waals surface area contributed by atoms with Crippen molar-refractivity contribution in [1.29, 1.82) is 0 Å². The second kappa shape index (κ2) is 9.07. The van der Waals surface area contributed by atoms with E-state index in [1.54, 1.807) is 0 Å². The molecule has 0 saturated heterocycles. The third-order valence-corrected chi connectivity index (χ3v) is 5.68. The fourth-order valence-corrected chi connectivity index (χ4v) is 3.95. The number of hydrogen-bond acceptors (Lipinski definition) is 5. The molecule has 170 valence electrons. The molecule has 0 aliphatic carbocycles. The average Bonchev–Trinajstić information content (AvgIpc) is 3.51. The lowest BCUT2D eigenvalue weighted by Crippen LogP contribution is -2.36. The number of H-pyrrole nitrogens is 3. The van der Waals surface area contributed by atoms with Gasteiger partial charge in [0, 0.05) is 35.4 Å². The second-order valence-corrected chi connectivity index (χ2v) is 7.83. The number of aromatic amines is 3. The van der Waals surface area contributed by atoms with Crippen molar-refractivity contribution in [2.75, 3.05) is 6.54 Å². The summed E-state index contributed by atoms with van der Waals surface area (Å²) in [6, 6.07) is 17.2. The fourth-order valence-electron chi connectivity index (χ4n) is 3.95. The van der Waals surface area contributed by atoms with Crippen molar-refractivity contribution >= 4 is 16.8 Å². The zero-order valence-electron chi connectivity index (χ0n) is 18.1. The first kappa shape index (κ1) is 21.2. The summed E-state index contributed by atoms with van der Waals surface area (Å²) in [7, 11) is 0. The average molecular weight is 455 g/mol. The molecule has 3 aromatic heterocycles. The topological polar surface area (TPSA) is 128 Å². The molecular formula is C25H21N5O4. The molecule has 34 heavy (non-hydrogen) atoms. The minimum Gasteiger partial charge on any atom is -0.443 e. The maximum atomic E-state index is 13.6. The van der Waals surface area contributed by atoms with Crippen LogP contribution in [0.4, 0.5) is 0 Å². The Morgan fingerprint density at radius 1 is 0.941 bits per heavy atom. The lowest BCUT2D eigenvalue weighted by molar-refractivity contribution is 0.0739. The number of oxazole rings is 1. The van der Waals surface area contributed by atoms with Gasteiger partial charge in [-0.3, -0.25) is 14.6 Å². The molecule has 2 aromatic carbocycles. The van der Waals surface area contributed by atoms with Crippen LogP contribution in [0, 0.1) is 0 Å². The minimum absolute atomic E-state index is 0.00556. The zero-order chi connectivity index (χ0) is 23.5. The molecule has 3 N–H and O–H groups in total. The summed E-state index contributed by atoms with van der Waals surface area (Å²) in [6.07, 6.45) is 5.04. The van der Waals surface area contributed by atoms with Gasteiger partial charge >= 0.3 is 5.69 Å². The Morgan fingerprint density at radius 2 is 1.71 bits per heavy atom. The lowest BCUT2D eigenvalue weighted by atomic mass is 10.1. The summed E-state index contributed by atoms with van der Waals surface area (Å²) < 4.78 is 5.54. The quantitative estimate of drug-likeness (QED) is 0.347. The van der Waals surface area contributed by atoms with Crippen molar-refractivity contribution in [2.45, 2.75) is 13.0 Å². The number of carbonyl (C=O) groups excluding carboxylic acids is 1. The van der Waals surface area contributed by atoms with Gasteiger partial charge in [0.15, 0.2) is 17.8 Å². The molecular weight excluding hydrogens is 434 g/mol. The van der Waals surface area contributed by atoms with Gasteiger partial charge in [0.05, 0.1) is 12.1 Å². The SMILES string of the molecule is O=C(c1ncoc1-c1ccccc1)N(CCc1c[nH]c2ccccc12)Cc1c[nH]c(=O)[nH]c1=O. The van der Waals surface area contributed by atoms with Gasteiger partial charge in [-0.05, 0) is 18.1 Å². The standard InChI is InChI=1S/C25H21N5O4/c31-23-18(13-27-25(33)29-23)14-30(11-10-17-12-26-20-9-5-4-8-19(17)20)24(32)21-22(34-15-28-21)16-6-2-1-3-7-16/h1-9,12-13,15,26H,10-11,14H2,(H2,27,29,31,33). The van der Waals surface area contributed by atoms with Gasteiger partial charge in [-0.25, -0.2) is 9.78 Å². The highest BCUT2D eigenvalue weighted by Gasteiger charge is 2.25. The zero-order valence-corrected chi connectivity index (χ0v) is 18.1. The smallest absolute Gasteiger partial charge is 0.325 e. The number of nitrogens with one attached hydrogen (secondary N) is 3. The van der Waals surface area contributed by atoms with Crippen molar-refractivity contribution < 1.29 is 9.21 Å². The van der Waals surface area contributed by atoms with E-state index in [-0.39, 0.29) is 23.7 Å². The van der Waals surface area contributed by atoms with Crippen LogP contribution in [0.3, 0.4) is 0 Å². The first-order valence-electron chi connectivity index (χ1n) is 10.7. The van der Waals surface area contributed by atoms with Crippen LogP contribution < -0.4 is 11.2 Å². The van der Waals surface area contributed by atoms with Gasteiger partial charge in [0.25, 0.3) is 11.5 Å². The normalized spacial score (nSPS) is 11.1. The van der Waals surface area contributed by atoms with Crippen LogP contribution in [0.1, 0.15) is 21.6 Å². The van der Waals surface area contributed by atoms with Crippen molar-refractivity contribution in [3.63, 3.8) is 0 Å². The Morgan fingerprint density at radius 3 is 2.53 bits per heavy atom. The molecule has 0 unspecified atom stereocenters. The van der Waals surface area contributed by atoms with E-state index < -0.39 is 11.2 Å². The van der Waals surface area contributed by atoms with Crippen LogP contribution in [0.25, 0.3) is 22.2 Å². The van der Waals surface area contributed by atoms with Crippen molar-refractivity contribution in [3.8, 4) is 11.3 Å². The molecule has 0 aliphatic heterocycles. The number of aromatic nitrogens is 4. The number of fused-ring (bicyclic) bond motifs is 1. The highest BCUT2D eigenvalue weighted by molar-refractivity contribution is 5.97. The number of nitrogens with zero attached hydrogens (tertiary/aromatic N) is 2. The van der Waals surface area contributed by atoms with Crippen LogP contribution >= 0.6 is 0 Å². The number of amides is 1. The van der Waals surface area contributed by atoms with E-state index in [0.717, 1.165) is 22.0 Å². The Labute approximate surface area is 193 Å². The Balaban J connectivity index is 1.47. The third kappa shape index (κ3) is 4.18. The van der Waals surface area contributed by atoms with Crippen LogP contribution in [0.15, 0.2) is 87.4 Å². The van der Waals surface area contributed by atoms with Crippen LogP contribution in [-0.4, -0.2) is 37.3 Å². The third-order valence-electron chi connectivity index (χ3n) is 5.68. The number of benzene rings is 2. The van der Waals surface area contributed by atoms with Crippen molar-refractivity contribution in [3.05, 3.63) is 111 Å². The number of carbonyl (C=O) groups is 1. The molecule has 5 aromatic rings. The van der Waals surface area contributed by atoms with Gasteiger partial charge in [-0.2, -0.15) is 0 Å². The molecule has 0 spiro atoms. The van der Waals surface area contributed by atoms with Crippen molar-refractivity contribution in [1.82, 2.24) is 24.8 Å². The molecule has 5 rings (SSSR count). The number of rotatable bonds is 7. The van der Waals surface area contributed by atoms with E-state index in [1.165, 1.54) is 17.5 Å². The van der Waals surface area contributed by atoms with Crippen LogP contribution in [0.2, 0.25) is 0 Å². The molecule has 0 radical (unpaired) electrons. The highest BCUT2D eigenvalue weighted by atomic mass is 16.3. The molecule has 9 heteroatoms. The molecule has 9 nitrogen and oxygen atoms in total. The molecule has 0 saturated carbocycles. The maximum Gasteiger partial charge on any atom is 0.325 e. The number of para-hydroxylation sites is 1. The van der Waals surface area contributed by atoms with Gasteiger partial charge in [0.1, 0.15) is 0 Å². The van der Waals surface area contributed by atoms with E-state index in [2.05, 4.69) is 19.9 Å². The van der Waals surface area contributed by atoms with Gasteiger partial charge in [-0.1, -0.05) is 48.5 Å². The predicted octanol–water partition coefficient (Wildman–Crippen LogP) is 3.08. The first-order chi connectivity index (χ1) is 16.6. The lowest BCUT2D eigenvalue weighted by Gasteiger charge is -2.22. The summed E-state index contributed by atoms with van der Waals surface area (Å²) >= 11 is 0. The number of hydrogen-bond donors (Lipinski definition) is 3. The summed E-state index contributed by atoms with van der Waals surface area (Å²) in [5.74, 6) is -0.0175. The van der Waals surface area contributed by atoms with Crippen LogP contribution in [0.5, 0.6) is 0 Å². The van der Waals surface area contributed by atoms with E-state index in [9.17, 15) is 14.4 Å². The summed E-state index contributed by atoms with van der Waals surface area (Å²) in [4.78, 5) is 51.0. The Hall–Kier alpha value is -4.66. The largest absolute Gasteiger partial charge is 0.443 e. The van der Waals surface area contributed by atoms with E-state index in [1.807, 2.05) is 60.8 Å². The minimum atomic E-state index is -0.603. The fraction of sp³-hybridized carbons (Fsp3) is 0.120. The molecule has 3 heterocycles. The maximum absolute atomic E-state index is 13.6.